The minimum atomic E-state index is -1.29. The first-order valence-electron chi connectivity index (χ1n) is 10.0. The van der Waals surface area contributed by atoms with Crippen LogP contribution in [0.2, 0.25) is 0 Å². The quantitative estimate of drug-likeness (QED) is 0.150. The molecule has 2 heterocycles. The molecule has 0 saturated carbocycles. The van der Waals surface area contributed by atoms with Crippen LogP contribution in [0.25, 0.3) is 0 Å². The summed E-state index contributed by atoms with van der Waals surface area (Å²) in [7, 11) is 2.68. The van der Waals surface area contributed by atoms with E-state index < -0.39 is 80.4 Å². The van der Waals surface area contributed by atoms with E-state index in [4.69, 9.17) is 29.2 Å². The number of hydrogen-bond donors (Lipinski definition) is 9. The van der Waals surface area contributed by atoms with Crippen molar-refractivity contribution in [1.29, 1.82) is 0 Å². The van der Waals surface area contributed by atoms with Crippen molar-refractivity contribution >= 4 is 24.4 Å². The summed E-state index contributed by atoms with van der Waals surface area (Å²) < 4.78 is 20.3. The van der Waals surface area contributed by atoms with Gasteiger partial charge in [-0.05, 0) is 0 Å². The molecule has 10 atom stereocenters. The molecule has 2 aliphatic rings. The summed E-state index contributed by atoms with van der Waals surface area (Å²) in [4.78, 5) is 22.1. The van der Waals surface area contributed by atoms with E-state index in [-0.39, 0.29) is 11.7 Å². The molecule has 14 nitrogen and oxygen atoms in total. The third-order valence-corrected chi connectivity index (χ3v) is 5.35. The standard InChI is InChI=1S/C9H17NO6S.C9H17NO6/c1-15-9-6(10-5(12)3-17)8(14)7(13)4(2-11)16-9;1-4(12)10-6-8(14)7(13)5(3-11)16-9(6)15-2/h4,6-9,11,13-14,17H,2-3H2,1H3,(H,10,12);5-9,11,13-14H,3H2,1-2H3,(H,10,12)/t4?,6?,7-,8-,9-;5?,6?,7-,8-,9-/m11/s1. The SMILES string of the molecule is CO[C@@H]1OC(CO)[C@@H](O)[C@H](O)C1NC(=O)CS.CO[C@@H]1OC(CO)[C@@H](O)[C@H](O)C1NC(C)=O. The molecule has 2 saturated heterocycles. The average molecular weight is 503 g/mol. The molecule has 2 amide bonds. The minimum absolute atomic E-state index is 0.0564. The van der Waals surface area contributed by atoms with Crippen LogP contribution in [0.1, 0.15) is 6.92 Å². The molecule has 2 fully saturated rings. The van der Waals surface area contributed by atoms with Crippen molar-refractivity contribution in [2.75, 3.05) is 33.2 Å². The predicted molar refractivity (Wildman–Crippen MR) is 113 cm³/mol. The van der Waals surface area contributed by atoms with Gasteiger partial charge in [-0.2, -0.15) is 12.6 Å². The smallest absolute Gasteiger partial charge is 0.230 e. The maximum atomic E-state index is 11.2. The summed E-state index contributed by atoms with van der Waals surface area (Å²) in [6.45, 7) is 0.389. The van der Waals surface area contributed by atoms with Crippen LogP contribution in [0.5, 0.6) is 0 Å². The van der Waals surface area contributed by atoms with Gasteiger partial charge in [0.25, 0.3) is 0 Å². The molecule has 194 valence electrons. The van der Waals surface area contributed by atoms with Gasteiger partial charge in [0.05, 0.1) is 19.0 Å². The number of nitrogens with one attached hydrogen (secondary N) is 2. The summed E-state index contributed by atoms with van der Waals surface area (Å²) >= 11 is 3.78. The molecule has 0 spiro atoms. The Morgan fingerprint density at radius 2 is 1.21 bits per heavy atom. The van der Waals surface area contributed by atoms with E-state index in [1.807, 2.05) is 0 Å². The summed E-state index contributed by atoms with van der Waals surface area (Å²) in [6, 6.07) is -1.77. The van der Waals surface area contributed by atoms with Gasteiger partial charge in [0, 0.05) is 21.1 Å². The van der Waals surface area contributed by atoms with Crippen LogP contribution < -0.4 is 10.6 Å². The largest absolute Gasteiger partial charge is 0.394 e. The number of methoxy groups -OCH3 is 2. The van der Waals surface area contributed by atoms with Crippen LogP contribution in [0.15, 0.2) is 0 Å². The minimum Gasteiger partial charge on any atom is -0.394 e. The molecule has 2 rings (SSSR count). The van der Waals surface area contributed by atoms with Crippen LogP contribution in [-0.2, 0) is 28.5 Å². The second-order valence-corrected chi connectivity index (χ2v) is 7.68. The van der Waals surface area contributed by atoms with Gasteiger partial charge in [0.2, 0.25) is 11.8 Å². The van der Waals surface area contributed by atoms with Gasteiger partial charge in [-0.3, -0.25) is 9.59 Å². The van der Waals surface area contributed by atoms with Gasteiger partial charge in [-0.1, -0.05) is 0 Å². The summed E-state index contributed by atoms with van der Waals surface area (Å²) in [5.74, 6) is -0.846. The van der Waals surface area contributed by atoms with Crippen molar-refractivity contribution in [1.82, 2.24) is 10.6 Å². The first-order valence-corrected chi connectivity index (χ1v) is 10.7. The molecule has 0 aliphatic carbocycles. The van der Waals surface area contributed by atoms with E-state index >= 15 is 0 Å². The molecule has 0 aromatic heterocycles. The van der Waals surface area contributed by atoms with Crippen molar-refractivity contribution in [2.24, 2.45) is 0 Å². The highest BCUT2D eigenvalue weighted by molar-refractivity contribution is 7.81. The molecular weight excluding hydrogens is 468 g/mol. The number of carbonyl (C=O) groups excluding carboxylic acids is 2. The van der Waals surface area contributed by atoms with Crippen molar-refractivity contribution in [3.05, 3.63) is 0 Å². The lowest BCUT2D eigenvalue weighted by Crippen LogP contribution is -2.64. The molecule has 2 aliphatic heterocycles. The highest BCUT2D eigenvalue weighted by atomic mass is 32.1. The molecule has 15 heteroatoms. The Morgan fingerprint density at radius 1 is 0.818 bits per heavy atom. The Morgan fingerprint density at radius 3 is 1.52 bits per heavy atom. The number of aliphatic hydroxyl groups is 6. The van der Waals surface area contributed by atoms with Crippen LogP contribution >= 0.6 is 12.6 Å². The molecular formula is C18H34N2O12S. The van der Waals surface area contributed by atoms with E-state index in [0.29, 0.717) is 0 Å². The van der Waals surface area contributed by atoms with Crippen LogP contribution in [0.4, 0.5) is 0 Å². The molecule has 4 unspecified atom stereocenters. The first-order chi connectivity index (χ1) is 15.6. The Hall–Kier alpha value is -1.11. The van der Waals surface area contributed by atoms with Gasteiger partial charge in [-0.25, -0.2) is 0 Å². The number of aliphatic hydroxyl groups excluding tert-OH is 6. The predicted octanol–water partition coefficient (Wildman–Crippen LogP) is -4.94. The van der Waals surface area contributed by atoms with E-state index in [1.54, 1.807) is 0 Å². The monoisotopic (exact) mass is 502 g/mol. The van der Waals surface area contributed by atoms with Crippen LogP contribution in [0.3, 0.4) is 0 Å². The van der Waals surface area contributed by atoms with Gasteiger partial charge in [-0.15, -0.1) is 0 Å². The van der Waals surface area contributed by atoms with E-state index in [1.165, 1.54) is 21.1 Å². The molecule has 0 aromatic rings. The lowest BCUT2D eigenvalue weighted by atomic mass is 9.97. The lowest BCUT2D eigenvalue weighted by Gasteiger charge is -2.41. The molecule has 8 N–H and O–H groups in total. The Bertz CT molecular complexity index is 613. The van der Waals surface area contributed by atoms with Gasteiger partial charge >= 0.3 is 0 Å². The number of hydrogen-bond acceptors (Lipinski definition) is 13. The van der Waals surface area contributed by atoms with Crippen molar-refractivity contribution in [2.45, 2.75) is 68.2 Å². The molecule has 33 heavy (non-hydrogen) atoms. The van der Waals surface area contributed by atoms with E-state index in [2.05, 4.69) is 23.3 Å². The van der Waals surface area contributed by atoms with Crippen molar-refractivity contribution in [3.63, 3.8) is 0 Å². The zero-order chi connectivity index (χ0) is 25.3. The van der Waals surface area contributed by atoms with E-state index in [9.17, 15) is 30.0 Å². The first kappa shape index (κ1) is 29.9. The molecule has 0 radical (unpaired) electrons. The number of ether oxygens (including phenoxy) is 4. The highest BCUT2D eigenvalue weighted by Crippen LogP contribution is 2.22. The average Bonchev–Trinajstić information content (AvgIpc) is 2.80. The second kappa shape index (κ2) is 14.3. The third kappa shape index (κ3) is 7.97. The third-order valence-electron chi connectivity index (χ3n) is 5.07. The number of thiol groups is 1. The summed E-state index contributed by atoms with van der Waals surface area (Å²) in [5.41, 5.74) is 0. The van der Waals surface area contributed by atoms with Gasteiger partial charge in [0.1, 0.15) is 48.7 Å². The fraction of sp³-hybridized carbons (Fsp3) is 0.889. The maximum Gasteiger partial charge on any atom is 0.230 e. The molecule has 0 bridgehead atoms. The van der Waals surface area contributed by atoms with Gasteiger partial charge < -0.3 is 60.2 Å². The summed E-state index contributed by atoms with van der Waals surface area (Å²) in [5, 5.41) is 61.6. The number of carbonyl (C=O) groups is 2. The highest BCUT2D eigenvalue weighted by Gasteiger charge is 2.46. The molecule has 0 aromatic carbocycles. The zero-order valence-corrected chi connectivity index (χ0v) is 19.4. The van der Waals surface area contributed by atoms with Gasteiger partial charge in [0.15, 0.2) is 12.6 Å². The zero-order valence-electron chi connectivity index (χ0n) is 18.5. The normalized spacial score (nSPS) is 38.6. The second-order valence-electron chi connectivity index (χ2n) is 7.36. The summed E-state index contributed by atoms with van der Waals surface area (Å²) in [6.07, 6.45) is -8.81. The number of amides is 2. The van der Waals surface area contributed by atoms with Crippen LogP contribution in [0, 0.1) is 0 Å². The Kier molecular flexibility index (Phi) is 13.0. The Balaban J connectivity index is 0.000000331. The van der Waals surface area contributed by atoms with Crippen molar-refractivity contribution in [3.8, 4) is 0 Å². The fourth-order valence-electron chi connectivity index (χ4n) is 3.34. The van der Waals surface area contributed by atoms with Crippen molar-refractivity contribution < 1.29 is 59.2 Å². The lowest BCUT2D eigenvalue weighted by molar-refractivity contribution is -0.262. The van der Waals surface area contributed by atoms with E-state index in [0.717, 1.165) is 0 Å². The van der Waals surface area contributed by atoms with Crippen LogP contribution in [-0.4, -0.2) is 137 Å². The fourth-order valence-corrected chi connectivity index (χ4v) is 3.43. The Labute approximate surface area is 196 Å². The number of rotatable bonds is 7. The maximum absolute atomic E-state index is 11.2. The topological polar surface area (TPSA) is 216 Å².